The first-order chi connectivity index (χ1) is 7.90. The number of hydrogen-bond acceptors (Lipinski definition) is 2. The van der Waals surface area contributed by atoms with Gasteiger partial charge in [-0.05, 0) is 23.8 Å². The van der Waals surface area contributed by atoms with Crippen LogP contribution in [0.3, 0.4) is 0 Å². The van der Waals surface area contributed by atoms with Gasteiger partial charge in [0.05, 0.1) is 0 Å². The molecule has 2 N–H and O–H groups in total. The van der Waals surface area contributed by atoms with Crippen molar-refractivity contribution < 1.29 is 19.1 Å². The smallest absolute Gasteiger partial charge is 0.326 e. The lowest BCUT2D eigenvalue weighted by Crippen LogP contribution is -2.41. The van der Waals surface area contributed by atoms with E-state index in [1.165, 1.54) is 19.1 Å². The predicted octanol–water partition coefficient (Wildman–Crippen LogP) is 1.61. The average Bonchev–Trinajstić information content (AvgIpc) is 2.21. The number of carboxylic acid groups (broad SMARTS) is 1. The Kier molecular flexibility index (Phi) is 4.45. The van der Waals surface area contributed by atoms with Crippen LogP contribution in [0.1, 0.15) is 12.5 Å². The Morgan fingerprint density at radius 3 is 2.71 bits per heavy atom. The Bertz CT molecular complexity index is 450. The van der Waals surface area contributed by atoms with Crippen molar-refractivity contribution in [2.75, 3.05) is 0 Å². The number of carbonyl (C=O) groups is 2. The van der Waals surface area contributed by atoms with E-state index >= 15 is 0 Å². The molecule has 0 bridgehead atoms. The SMILES string of the molecule is CC(=O)NC(Cc1cc(F)ccc1Cl)C(=O)O. The molecule has 0 saturated heterocycles. The van der Waals surface area contributed by atoms with E-state index in [0.29, 0.717) is 5.56 Å². The Morgan fingerprint density at radius 2 is 2.18 bits per heavy atom. The number of aliphatic carboxylic acids is 1. The molecular formula is C11H11ClFNO3. The second kappa shape index (κ2) is 5.63. The second-order valence-electron chi connectivity index (χ2n) is 3.53. The van der Waals surface area contributed by atoms with Gasteiger partial charge in [-0.1, -0.05) is 11.6 Å². The second-order valence-corrected chi connectivity index (χ2v) is 3.94. The first-order valence-corrected chi connectivity index (χ1v) is 5.21. The van der Waals surface area contributed by atoms with Crippen molar-refractivity contribution in [1.29, 1.82) is 0 Å². The molecule has 0 aliphatic heterocycles. The summed E-state index contributed by atoms with van der Waals surface area (Å²) in [5.74, 6) is -2.16. The van der Waals surface area contributed by atoms with Gasteiger partial charge < -0.3 is 10.4 Å². The predicted molar refractivity (Wildman–Crippen MR) is 60.4 cm³/mol. The largest absolute Gasteiger partial charge is 0.480 e. The van der Waals surface area contributed by atoms with Crippen LogP contribution in [-0.2, 0) is 16.0 Å². The van der Waals surface area contributed by atoms with Crippen LogP contribution in [0.5, 0.6) is 0 Å². The van der Waals surface area contributed by atoms with Gasteiger partial charge in [0.15, 0.2) is 0 Å². The monoisotopic (exact) mass is 259 g/mol. The summed E-state index contributed by atoms with van der Waals surface area (Å²) in [6, 6.07) is 2.56. The summed E-state index contributed by atoms with van der Waals surface area (Å²) >= 11 is 5.81. The highest BCUT2D eigenvalue weighted by atomic mass is 35.5. The molecule has 1 rings (SSSR count). The van der Waals surface area contributed by atoms with Gasteiger partial charge in [0.25, 0.3) is 0 Å². The number of nitrogens with one attached hydrogen (secondary N) is 1. The van der Waals surface area contributed by atoms with Crippen LogP contribution < -0.4 is 5.32 Å². The van der Waals surface area contributed by atoms with E-state index in [9.17, 15) is 14.0 Å². The number of benzene rings is 1. The molecule has 1 atom stereocenters. The minimum Gasteiger partial charge on any atom is -0.480 e. The number of amides is 1. The van der Waals surface area contributed by atoms with E-state index in [2.05, 4.69) is 5.32 Å². The summed E-state index contributed by atoms with van der Waals surface area (Å²) in [5, 5.41) is 11.4. The summed E-state index contributed by atoms with van der Waals surface area (Å²) in [5.41, 5.74) is 0.341. The topological polar surface area (TPSA) is 66.4 Å². The average molecular weight is 260 g/mol. The van der Waals surface area contributed by atoms with Crippen LogP contribution >= 0.6 is 11.6 Å². The highest BCUT2D eigenvalue weighted by Gasteiger charge is 2.20. The number of hydrogen-bond donors (Lipinski definition) is 2. The van der Waals surface area contributed by atoms with Gasteiger partial charge in [-0.25, -0.2) is 9.18 Å². The van der Waals surface area contributed by atoms with Crippen LogP contribution in [-0.4, -0.2) is 23.0 Å². The summed E-state index contributed by atoms with van der Waals surface area (Å²) < 4.78 is 13.0. The number of halogens is 2. The fourth-order valence-electron chi connectivity index (χ4n) is 1.37. The number of carbonyl (C=O) groups excluding carboxylic acids is 1. The molecule has 0 fully saturated rings. The lowest BCUT2D eigenvalue weighted by Gasteiger charge is -2.14. The van der Waals surface area contributed by atoms with E-state index in [0.717, 1.165) is 6.07 Å². The molecule has 1 aromatic rings. The van der Waals surface area contributed by atoms with Crippen LogP contribution in [0, 0.1) is 5.82 Å². The minimum absolute atomic E-state index is 0.0640. The highest BCUT2D eigenvalue weighted by Crippen LogP contribution is 2.18. The van der Waals surface area contributed by atoms with Crippen molar-refractivity contribution in [3.63, 3.8) is 0 Å². The standard InChI is InChI=1S/C11H11ClFNO3/c1-6(15)14-10(11(16)17)5-7-4-8(13)2-3-9(7)12/h2-4,10H,5H2,1H3,(H,14,15)(H,16,17). The first-order valence-electron chi connectivity index (χ1n) is 4.84. The molecule has 6 heteroatoms. The minimum atomic E-state index is -1.19. The molecule has 0 aromatic heterocycles. The Morgan fingerprint density at radius 1 is 1.53 bits per heavy atom. The van der Waals surface area contributed by atoms with Crippen molar-refractivity contribution in [1.82, 2.24) is 5.32 Å². The lowest BCUT2D eigenvalue weighted by molar-refractivity contribution is -0.141. The Balaban J connectivity index is 2.89. The first kappa shape index (κ1) is 13.4. The zero-order valence-corrected chi connectivity index (χ0v) is 9.79. The number of carboxylic acids is 1. The van der Waals surface area contributed by atoms with Crippen molar-refractivity contribution in [3.05, 3.63) is 34.6 Å². The van der Waals surface area contributed by atoms with Crippen LogP contribution in [0.25, 0.3) is 0 Å². The Hall–Kier alpha value is -1.62. The summed E-state index contributed by atoms with van der Waals surface area (Å²) in [4.78, 5) is 21.7. The molecule has 4 nitrogen and oxygen atoms in total. The molecule has 0 aliphatic rings. The van der Waals surface area contributed by atoms with E-state index in [4.69, 9.17) is 16.7 Å². The molecule has 1 amide bonds. The van der Waals surface area contributed by atoms with E-state index < -0.39 is 23.7 Å². The van der Waals surface area contributed by atoms with Crippen LogP contribution in [0.4, 0.5) is 4.39 Å². The van der Waals surface area contributed by atoms with Crippen molar-refractivity contribution in [2.24, 2.45) is 0 Å². The molecule has 17 heavy (non-hydrogen) atoms. The van der Waals surface area contributed by atoms with E-state index in [-0.39, 0.29) is 11.4 Å². The third-order valence-corrected chi connectivity index (χ3v) is 2.48. The quantitative estimate of drug-likeness (QED) is 0.863. The molecule has 0 radical (unpaired) electrons. The molecule has 1 aromatic carbocycles. The Labute approximate surface area is 102 Å². The maximum absolute atomic E-state index is 13.0. The van der Waals surface area contributed by atoms with Gasteiger partial charge in [-0.15, -0.1) is 0 Å². The zero-order valence-electron chi connectivity index (χ0n) is 9.04. The van der Waals surface area contributed by atoms with Gasteiger partial charge in [0, 0.05) is 18.4 Å². The van der Waals surface area contributed by atoms with Gasteiger partial charge in [0.2, 0.25) is 5.91 Å². The maximum Gasteiger partial charge on any atom is 0.326 e. The third-order valence-electron chi connectivity index (χ3n) is 2.11. The molecule has 0 spiro atoms. The summed E-state index contributed by atoms with van der Waals surface area (Å²) in [6.07, 6.45) is -0.0640. The fraction of sp³-hybridized carbons (Fsp3) is 0.273. The van der Waals surface area contributed by atoms with E-state index in [1.54, 1.807) is 0 Å². The third kappa shape index (κ3) is 4.03. The van der Waals surface area contributed by atoms with Gasteiger partial charge >= 0.3 is 5.97 Å². The molecule has 0 saturated carbocycles. The van der Waals surface area contributed by atoms with Gasteiger partial charge in [0.1, 0.15) is 11.9 Å². The van der Waals surface area contributed by atoms with Crippen molar-refractivity contribution >= 4 is 23.5 Å². The van der Waals surface area contributed by atoms with Crippen molar-refractivity contribution in [3.8, 4) is 0 Å². The molecule has 0 aliphatic carbocycles. The lowest BCUT2D eigenvalue weighted by atomic mass is 10.1. The highest BCUT2D eigenvalue weighted by molar-refractivity contribution is 6.31. The van der Waals surface area contributed by atoms with Crippen molar-refractivity contribution in [2.45, 2.75) is 19.4 Å². The summed E-state index contributed by atoms with van der Waals surface area (Å²) in [6.45, 7) is 1.21. The molecule has 92 valence electrons. The van der Waals surface area contributed by atoms with E-state index in [1.807, 2.05) is 0 Å². The van der Waals surface area contributed by atoms with Crippen LogP contribution in [0.15, 0.2) is 18.2 Å². The summed E-state index contributed by atoms with van der Waals surface area (Å²) in [7, 11) is 0. The fourth-order valence-corrected chi connectivity index (χ4v) is 1.56. The normalized spacial score (nSPS) is 11.9. The molecule has 1 unspecified atom stereocenters. The maximum atomic E-state index is 13.0. The molecular weight excluding hydrogens is 249 g/mol. The van der Waals surface area contributed by atoms with Crippen LogP contribution in [0.2, 0.25) is 5.02 Å². The zero-order chi connectivity index (χ0) is 13.0. The van der Waals surface area contributed by atoms with Gasteiger partial charge in [-0.2, -0.15) is 0 Å². The molecule has 0 heterocycles. The number of rotatable bonds is 4. The van der Waals surface area contributed by atoms with Gasteiger partial charge in [-0.3, -0.25) is 4.79 Å².